The second-order valence-corrected chi connectivity index (χ2v) is 6.98. The summed E-state index contributed by atoms with van der Waals surface area (Å²) < 4.78 is 22.6. The number of sulfonamides is 1. The molecule has 0 saturated carbocycles. The number of pyridine rings is 1. The number of aromatic hydroxyl groups is 1. The summed E-state index contributed by atoms with van der Waals surface area (Å²) in [5.74, 6) is -0.929. The van der Waals surface area contributed by atoms with Crippen LogP contribution in [-0.4, -0.2) is 36.7 Å². The van der Waals surface area contributed by atoms with Crippen molar-refractivity contribution >= 4 is 37.7 Å². The van der Waals surface area contributed by atoms with E-state index in [0.717, 1.165) is 0 Å². The molecule has 1 aromatic heterocycles. The molecular weight excluding hydrogens is 338 g/mol. The van der Waals surface area contributed by atoms with Crippen molar-refractivity contribution in [2.24, 2.45) is 11.1 Å². The topological polar surface area (TPSA) is 114 Å². The molecular formula is C10H12BrN3O4S. The van der Waals surface area contributed by atoms with Crippen molar-refractivity contribution in [2.75, 3.05) is 17.2 Å². The Morgan fingerprint density at radius 3 is 2.84 bits per heavy atom. The number of aromatic nitrogens is 1. The Balaban J connectivity index is 2.20. The fourth-order valence-corrected chi connectivity index (χ4v) is 3.26. The largest absolute Gasteiger partial charge is 0.504 e. The molecule has 1 atom stereocenters. The smallest absolute Gasteiger partial charge is 0.228 e. The van der Waals surface area contributed by atoms with Gasteiger partial charge >= 0.3 is 0 Å². The summed E-state index contributed by atoms with van der Waals surface area (Å²) in [6, 6.07) is 1.42. The van der Waals surface area contributed by atoms with Crippen LogP contribution in [-0.2, 0) is 14.8 Å². The van der Waals surface area contributed by atoms with E-state index in [4.69, 9.17) is 5.14 Å². The van der Waals surface area contributed by atoms with Gasteiger partial charge in [-0.3, -0.25) is 9.69 Å². The fraction of sp³-hybridized carbons (Fsp3) is 0.400. The molecule has 0 radical (unpaired) electrons. The van der Waals surface area contributed by atoms with Crippen LogP contribution in [0.4, 0.5) is 5.82 Å². The number of carbonyl (C=O) groups is 1. The predicted molar refractivity (Wildman–Crippen MR) is 72.0 cm³/mol. The molecule has 1 aromatic rings. The number of carbonyl (C=O) groups excluding carboxylic acids is 1. The summed E-state index contributed by atoms with van der Waals surface area (Å²) in [7, 11) is -3.62. The number of primary sulfonamides is 1. The van der Waals surface area contributed by atoms with Gasteiger partial charge in [-0.05, 0) is 22.0 Å². The van der Waals surface area contributed by atoms with Crippen molar-refractivity contribution in [1.82, 2.24) is 4.98 Å². The second kappa shape index (κ2) is 5.06. The summed E-state index contributed by atoms with van der Waals surface area (Å²) in [5.41, 5.74) is 0. The molecule has 1 fully saturated rings. The maximum absolute atomic E-state index is 11.8. The van der Waals surface area contributed by atoms with Gasteiger partial charge in [0.1, 0.15) is 0 Å². The minimum atomic E-state index is -3.62. The monoisotopic (exact) mass is 349 g/mol. The zero-order valence-corrected chi connectivity index (χ0v) is 12.2. The molecule has 9 heteroatoms. The highest BCUT2D eigenvalue weighted by Crippen LogP contribution is 2.32. The van der Waals surface area contributed by atoms with Crippen LogP contribution < -0.4 is 10.0 Å². The third-order valence-electron chi connectivity index (χ3n) is 2.74. The van der Waals surface area contributed by atoms with Gasteiger partial charge in [-0.15, -0.1) is 0 Å². The van der Waals surface area contributed by atoms with Crippen molar-refractivity contribution in [1.29, 1.82) is 0 Å². The first-order chi connectivity index (χ1) is 8.76. The molecule has 1 aliphatic heterocycles. The van der Waals surface area contributed by atoms with Gasteiger partial charge in [-0.25, -0.2) is 18.5 Å². The van der Waals surface area contributed by atoms with Crippen molar-refractivity contribution in [2.45, 2.75) is 6.42 Å². The third-order valence-corrected chi connectivity index (χ3v) is 4.11. The van der Waals surface area contributed by atoms with Gasteiger partial charge < -0.3 is 5.11 Å². The van der Waals surface area contributed by atoms with E-state index in [0.29, 0.717) is 4.47 Å². The van der Waals surface area contributed by atoms with Crippen LogP contribution in [0, 0.1) is 5.92 Å². The lowest BCUT2D eigenvalue weighted by atomic mass is 10.1. The Hall–Kier alpha value is -1.19. The number of anilines is 1. The number of rotatable bonds is 3. The van der Waals surface area contributed by atoms with Crippen molar-refractivity contribution in [3.63, 3.8) is 0 Å². The maximum Gasteiger partial charge on any atom is 0.228 e. The van der Waals surface area contributed by atoms with Crippen LogP contribution in [0.2, 0.25) is 0 Å². The van der Waals surface area contributed by atoms with Crippen LogP contribution in [0.15, 0.2) is 16.7 Å². The minimum absolute atomic E-state index is 0.0770. The molecule has 1 saturated heterocycles. The summed E-state index contributed by atoms with van der Waals surface area (Å²) in [5, 5.41) is 14.7. The first-order valence-electron chi connectivity index (χ1n) is 5.41. The Labute approximate surface area is 118 Å². The molecule has 1 amide bonds. The molecule has 104 valence electrons. The summed E-state index contributed by atoms with van der Waals surface area (Å²) in [4.78, 5) is 17.1. The number of hydrogen-bond donors (Lipinski definition) is 2. The molecule has 0 aliphatic carbocycles. The van der Waals surface area contributed by atoms with E-state index >= 15 is 0 Å². The van der Waals surface area contributed by atoms with Gasteiger partial charge in [0.2, 0.25) is 15.9 Å². The quantitative estimate of drug-likeness (QED) is 0.808. The number of hydrogen-bond acceptors (Lipinski definition) is 5. The van der Waals surface area contributed by atoms with E-state index in [1.165, 1.54) is 17.2 Å². The average Bonchev–Trinajstić information content (AvgIpc) is 2.56. The van der Waals surface area contributed by atoms with E-state index in [9.17, 15) is 18.3 Å². The third kappa shape index (κ3) is 3.43. The van der Waals surface area contributed by atoms with Gasteiger partial charge in [-0.1, -0.05) is 0 Å². The van der Waals surface area contributed by atoms with Gasteiger partial charge in [0.05, 0.1) is 5.75 Å². The van der Waals surface area contributed by atoms with E-state index in [-0.39, 0.29) is 42.1 Å². The molecule has 1 aliphatic rings. The van der Waals surface area contributed by atoms with Gasteiger partial charge in [0, 0.05) is 29.6 Å². The molecule has 2 rings (SSSR count). The normalized spacial score (nSPS) is 20.0. The standard InChI is InChI=1S/C10H12BrN3O4S/c11-7-2-8(15)10(13-3-7)14-4-6(1-9(14)16)5-19(12,17)18/h2-3,6,15H,1,4-5H2,(H2,12,17,18). The average molecular weight is 350 g/mol. The summed E-state index contributed by atoms with van der Waals surface area (Å²) in [6.07, 6.45) is 1.53. The molecule has 2 heterocycles. The molecule has 19 heavy (non-hydrogen) atoms. The van der Waals surface area contributed by atoms with Crippen molar-refractivity contribution in [3.05, 3.63) is 16.7 Å². The minimum Gasteiger partial charge on any atom is -0.504 e. The fourth-order valence-electron chi connectivity index (χ4n) is 2.06. The summed E-state index contributed by atoms with van der Waals surface area (Å²) in [6.45, 7) is 0.178. The SMILES string of the molecule is NS(=O)(=O)CC1CC(=O)N(c2ncc(Br)cc2O)C1. The van der Waals surface area contributed by atoms with E-state index in [1.807, 2.05) is 0 Å². The summed E-state index contributed by atoms with van der Waals surface area (Å²) >= 11 is 3.15. The first kappa shape index (κ1) is 14.2. The van der Waals surface area contributed by atoms with Crippen LogP contribution >= 0.6 is 15.9 Å². The predicted octanol–water partition coefficient (Wildman–Crippen LogP) is 0.191. The lowest BCUT2D eigenvalue weighted by Crippen LogP contribution is -2.28. The van der Waals surface area contributed by atoms with Crippen LogP contribution in [0.1, 0.15) is 6.42 Å². The maximum atomic E-state index is 11.8. The highest BCUT2D eigenvalue weighted by molar-refractivity contribution is 9.10. The lowest BCUT2D eigenvalue weighted by molar-refractivity contribution is -0.117. The lowest BCUT2D eigenvalue weighted by Gasteiger charge is -2.16. The number of amides is 1. The van der Waals surface area contributed by atoms with Crippen LogP contribution in [0.25, 0.3) is 0 Å². The number of nitrogens with zero attached hydrogens (tertiary/aromatic N) is 2. The van der Waals surface area contributed by atoms with E-state index in [2.05, 4.69) is 20.9 Å². The van der Waals surface area contributed by atoms with E-state index < -0.39 is 10.0 Å². The Morgan fingerprint density at radius 1 is 1.58 bits per heavy atom. The Bertz CT molecular complexity index is 619. The van der Waals surface area contributed by atoms with Crippen molar-refractivity contribution in [3.8, 4) is 5.75 Å². The van der Waals surface area contributed by atoms with Gasteiger partial charge in [-0.2, -0.15) is 0 Å². The van der Waals surface area contributed by atoms with Crippen molar-refractivity contribution < 1.29 is 18.3 Å². The molecule has 0 bridgehead atoms. The zero-order valence-electron chi connectivity index (χ0n) is 9.78. The number of halogens is 1. The first-order valence-corrected chi connectivity index (χ1v) is 7.92. The molecule has 1 unspecified atom stereocenters. The highest BCUT2D eigenvalue weighted by Gasteiger charge is 2.34. The Kier molecular flexibility index (Phi) is 3.79. The zero-order chi connectivity index (χ0) is 14.2. The highest BCUT2D eigenvalue weighted by atomic mass is 79.9. The number of nitrogens with two attached hydrogens (primary N) is 1. The Morgan fingerprint density at radius 2 is 2.26 bits per heavy atom. The molecule has 0 aromatic carbocycles. The van der Waals surface area contributed by atoms with Crippen LogP contribution in [0.3, 0.4) is 0 Å². The molecule has 0 spiro atoms. The second-order valence-electron chi connectivity index (χ2n) is 4.40. The molecule has 7 nitrogen and oxygen atoms in total. The van der Waals surface area contributed by atoms with E-state index in [1.54, 1.807) is 0 Å². The van der Waals surface area contributed by atoms with Crippen LogP contribution in [0.5, 0.6) is 5.75 Å². The van der Waals surface area contributed by atoms with Gasteiger partial charge in [0.15, 0.2) is 11.6 Å². The molecule has 3 N–H and O–H groups in total. The van der Waals surface area contributed by atoms with Gasteiger partial charge in [0.25, 0.3) is 0 Å².